The quantitative estimate of drug-likeness (QED) is 0.561. The summed E-state index contributed by atoms with van der Waals surface area (Å²) in [6.07, 6.45) is 2.33. The van der Waals surface area contributed by atoms with Crippen LogP contribution in [-0.2, 0) is 16.6 Å². The van der Waals surface area contributed by atoms with Gasteiger partial charge in [0.2, 0.25) is 10.0 Å². The Morgan fingerprint density at radius 3 is 2.69 bits per heavy atom. The molecule has 9 heteroatoms. The van der Waals surface area contributed by atoms with Crippen LogP contribution >= 0.6 is 0 Å². The highest BCUT2D eigenvalue weighted by Crippen LogP contribution is 2.33. The normalized spacial score (nSPS) is 24.8. The highest BCUT2D eigenvalue weighted by Gasteiger charge is 2.39. The smallest absolute Gasteiger partial charge is 0.244 e. The molecular weight excluding hydrogens is 476 g/mol. The van der Waals surface area contributed by atoms with Crippen LogP contribution in [-0.4, -0.2) is 79.8 Å². The van der Waals surface area contributed by atoms with Crippen molar-refractivity contribution in [3.8, 4) is 16.9 Å². The van der Waals surface area contributed by atoms with Crippen molar-refractivity contribution in [3.05, 3.63) is 78.1 Å². The van der Waals surface area contributed by atoms with E-state index in [0.29, 0.717) is 18.8 Å². The Balaban J connectivity index is 1.51. The molecule has 0 unspecified atom stereocenters. The van der Waals surface area contributed by atoms with Crippen LogP contribution in [0.1, 0.15) is 11.1 Å². The average Bonchev–Trinajstić information content (AvgIpc) is 3.26. The fourth-order valence-corrected chi connectivity index (χ4v) is 6.23. The van der Waals surface area contributed by atoms with Gasteiger partial charge in [-0.1, -0.05) is 36.4 Å². The highest BCUT2D eigenvalue weighted by atomic mass is 32.2. The summed E-state index contributed by atoms with van der Waals surface area (Å²) in [5.74, 6) is 0.307. The zero-order chi connectivity index (χ0) is 25.3. The van der Waals surface area contributed by atoms with E-state index in [1.54, 1.807) is 30.6 Å². The van der Waals surface area contributed by atoms with Gasteiger partial charge in [0.25, 0.3) is 0 Å². The van der Waals surface area contributed by atoms with E-state index in [1.165, 1.54) is 11.1 Å². The summed E-state index contributed by atoms with van der Waals surface area (Å²) in [6.45, 7) is 4.55. The number of ether oxygens (including phenoxy) is 1. The number of aryl methyl sites for hydroxylation is 1. The Hall–Kier alpha value is -2.82. The molecule has 2 aliphatic rings. The molecule has 0 radical (unpaired) electrons. The van der Waals surface area contributed by atoms with Crippen molar-refractivity contribution in [1.82, 2.24) is 19.5 Å². The number of likely N-dealkylation sites (tertiary alicyclic amines) is 1. The van der Waals surface area contributed by atoms with Gasteiger partial charge in [-0.05, 0) is 48.9 Å². The predicted octanol–water partition coefficient (Wildman–Crippen LogP) is 2.27. The topological polar surface area (TPSA) is 95.0 Å². The number of β-amino-alcohol motifs (C(OH)–C–C–N with tert-alkyl or cyclic N) is 1. The molecule has 3 aromatic rings. The molecule has 1 saturated heterocycles. The molecule has 2 aliphatic heterocycles. The summed E-state index contributed by atoms with van der Waals surface area (Å²) >= 11 is 0. The second-order valence-electron chi connectivity index (χ2n) is 9.69. The van der Waals surface area contributed by atoms with Gasteiger partial charge in [-0.15, -0.1) is 0 Å². The number of pyridine rings is 1. The van der Waals surface area contributed by atoms with Crippen molar-refractivity contribution in [2.45, 2.75) is 36.6 Å². The number of rotatable bonds is 3. The Morgan fingerprint density at radius 1 is 1.08 bits per heavy atom. The highest BCUT2D eigenvalue weighted by molar-refractivity contribution is 7.89. The third-order valence-electron chi connectivity index (χ3n) is 7.05. The summed E-state index contributed by atoms with van der Waals surface area (Å²) in [6, 6.07) is 17.2. The van der Waals surface area contributed by atoms with Crippen LogP contribution in [0.2, 0.25) is 0 Å². The number of aromatic nitrogens is 1. The molecule has 0 saturated carbocycles. The van der Waals surface area contributed by atoms with Crippen molar-refractivity contribution in [2.24, 2.45) is 0 Å². The van der Waals surface area contributed by atoms with Gasteiger partial charge in [0.05, 0.1) is 12.1 Å². The zero-order valence-corrected chi connectivity index (χ0v) is 21.4. The number of nitrogens with zero attached hydrogens (tertiary/aromatic N) is 3. The van der Waals surface area contributed by atoms with Crippen LogP contribution in [0.25, 0.3) is 11.1 Å². The summed E-state index contributed by atoms with van der Waals surface area (Å²) in [4.78, 5) is 8.68. The maximum absolute atomic E-state index is 13.2. The third-order valence-corrected chi connectivity index (χ3v) is 8.51. The Labute approximate surface area is 212 Å². The molecule has 0 spiro atoms. The number of nitrogens with one attached hydrogen (secondary N) is 1. The van der Waals surface area contributed by atoms with Crippen LogP contribution in [0.15, 0.2) is 71.9 Å². The van der Waals surface area contributed by atoms with Crippen molar-refractivity contribution in [3.63, 3.8) is 0 Å². The number of hydrogen-bond acceptors (Lipinski definition) is 7. The van der Waals surface area contributed by atoms with Crippen LogP contribution in [0.5, 0.6) is 5.75 Å². The molecule has 0 amide bonds. The van der Waals surface area contributed by atoms with Crippen LogP contribution in [0.3, 0.4) is 0 Å². The first kappa shape index (κ1) is 24.9. The molecule has 3 atom stereocenters. The molecule has 8 nitrogen and oxygen atoms in total. The largest absolute Gasteiger partial charge is 0.486 e. The minimum atomic E-state index is -3.89. The molecule has 0 aliphatic carbocycles. The van der Waals surface area contributed by atoms with E-state index in [-0.39, 0.29) is 23.6 Å². The van der Waals surface area contributed by atoms with E-state index < -0.39 is 16.1 Å². The number of aliphatic hydroxyl groups excluding tert-OH is 1. The Kier molecular flexibility index (Phi) is 7.09. The van der Waals surface area contributed by atoms with E-state index in [9.17, 15) is 13.5 Å². The SMILES string of the molecule is Cc1ccccc1CN1C[C@@H]2Oc3cc(-c4cccnc4)ccc3S(=O)(=O)NC[C@H](O)CN(C)[C@@H]2C1. The van der Waals surface area contributed by atoms with Crippen molar-refractivity contribution >= 4 is 10.0 Å². The number of sulfonamides is 1. The van der Waals surface area contributed by atoms with Crippen LogP contribution < -0.4 is 9.46 Å². The van der Waals surface area contributed by atoms with E-state index in [1.807, 2.05) is 31.3 Å². The van der Waals surface area contributed by atoms with E-state index in [2.05, 4.69) is 38.6 Å². The van der Waals surface area contributed by atoms with Gasteiger partial charge in [0, 0.05) is 50.7 Å². The molecule has 190 valence electrons. The number of aliphatic hydroxyl groups is 1. The maximum atomic E-state index is 13.2. The molecule has 0 bridgehead atoms. The standard InChI is InChI=1S/C27H32N4O4S/c1-19-6-3-4-7-22(19)15-31-17-24-26(18-31)35-25-12-20(21-8-5-11-28-13-21)9-10-27(25)36(33,34)29-14-23(32)16-30(24)2/h3-13,23-24,26,29,32H,14-18H2,1-2H3/t23-,24+,26-/m0/s1. The summed E-state index contributed by atoms with van der Waals surface area (Å²) in [7, 11) is -1.93. The Bertz CT molecular complexity index is 1320. The second-order valence-corrected chi connectivity index (χ2v) is 11.4. The lowest BCUT2D eigenvalue weighted by atomic mass is 10.1. The lowest BCUT2D eigenvalue weighted by Crippen LogP contribution is -2.47. The lowest BCUT2D eigenvalue weighted by Gasteiger charge is -2.30. The van der Waals surface area contributed by atoms with Crippen molar-refractivity contribution < 1.29 is 18.3 Å². The number of likely N-dealkylation sites (N-methyl/N-ethyl adjacent to an activating group) is 1. The first-order valence-corrected chi connectivity index (χ1v) is 13.6. The van der Waals surface area contributed by atoms with Gasteiger partial charge in [-0.3, -0.25) is 14.8 Å². The summed E-state index contributed by atoms with van der Waals surface area (Å²) in [5.41, 5.74) is 4.19. The molecular formula is C27H32N4O4S. The number of hydrogen-bond donors (Lipinski definition) is 2. The summed E-state index contributed by atoms with van der Waals surface area (Å²) < 4.78 is 35.5. The fourth-order valence-electron chi connectivity index (χ4n) is 5.04. The average molecular weight is 509 g/mol. The van der Waals surface area contributed by atoms with Crippen molar-refractivity contribution in [1.29, 1.82) is 0 Å². The Morgan fingerprint density at radius 2 is 1.92 bits per heavy atom. The molecule has 1 fully saturated rings. The van der Waals surface area contributed by atoms with E-state index in [4.69, 9.17) is 4.74 Å². The van der Waals surface area contributed by atoms with E-state index in [0.717, 1.165) is 24.2 Å². The van der Waals surface area contributed by atoms with Gasteiger partial charge in [-0.25, -0.2) is 13.1 Å². The minimum Gasteiger partial charge on any atom is -0.486 e. The van der Waals surface area contributed by atoms with Crippen LogP contribution in [0, 0.1) is 6.92 Å². The van der Waals surface area contributed by atoms with Gasteiger partial charge in [0.15, 0.2) is 0 Å². The maximum Gasteiger partial charge on any atom is 0.244 e. The molecule has 2 aromatic carbocycles. The van der Waals surface area contributed by atoms with Crippen molar-refractivity contribution in [2.75, 3.05) is 33.2 Å². The number of fused-ring (bicyclic) bond motifs is 2. The molecule has 1 aromatic heterocycles. The molecule has 36 heavy (non-hydrogen) atoms. The molecule has 2 N–H and O–H groups in total. The molecule has 5 rings (SSSR count). The van der Waals surface area contributed by atoms with E-state index >= 15 is 0 Å². The zero-order valence-electron chi connectivity index (χ0n) is 20.5. The van der Waals surface area contributed by atoms with Crippen LogP contribution in [0.4, 0.5) is 0 Å². The number of benzene rings is 2. The minimum absolute atomic E-state index is 0.0145. The fraction of sp³-hybridized carbons (Fsp3) is 0.370. The lowest BCUT2D eigenvalue weighted by molar-refractivity contribution is 0.0713. The molecule has 3 heterocycles. The monoisotopic (exact) mass is 508 g/mol. The first-order chi connectivity index (χ1) is 17.3. The van der Waals surface area contributed by atoms with Gasteiger partial charge < -0.3 is 9.84 Å². The second kappa shape index (κ2) is 10.3. The van der Waals surface area contributed by atoms with Gasteiger partial charge >= 0.3 is 0 Å². The predicted molar refractivity (Wildman–Crippen MR) is 138 cm³/mol. The van der Waals surface area contributed by atoms with Gasteiger partial charge in [-0.2, -0.15) is 0 Å². The van der Waals surface area contributed by atoms with Gasteiger partial charge in [0.1, 0.15) is 16.7 Å². The summed E-state index contributed by atoms with van der Waals surface area (Å²) in [5, 5.41) is 10.6. The first-order valence-electron chi connectivity index (χ1n) is 12.2. The third kappa shape index (κ3) is 5.30.